The van der Waals surface area contributed by atoms with E-state index in [1.54, 1.807) is 36.4 Å². The molecular formula is C20H19Cl2N3O2. The Bertz CT molecular complexity index is 886. The van der Waals surface area contributed by atoms with Crippen molar-refractivity contribution in [1.29, 1.82) is 0 Å². The summed E-state index contributed by atoms with van der Waals surface area (Å²) in [6.45, 7) is 1.82. The normalized spacial score (nSPS) is 13.9. The zero-order valence-corrected chi connectivity index (χ0v) is 16.1. The van der Waals surface area contributed by atoms with E-state index >= 15 is 0 Å². The molecule has 1 heterocycles. The highest BCUT2D eigenvalue weighted by Gasteiger charge is 2.18. The van der Waals surface area contributed by atoms with E-state index in [-0.39, 0.29) is 5.91 Å². The lowest BCUT2D eigenvalue weighted by Crippen LogP contribution is -2.21. The minimum atomic E-state index is -0.539. The molecule has 7 heteroatoms. The molecule has 0 atom stereocenters. The van der Waals surface area contributed by atoms with Crippen LogP contribution < -0.4 is 16.0 Å². The Balaban J connectivity index is 1.82. The average Bonchev–Trinajstić information content (AvgIpc) is 3.13. The van der Waals surface area contributed by atoms with Crippen LogP contribution in [0.1, 0.15) is 28.8 Å². The van der Waals surface area contributed by atoms with Gasteiger partial charge in [-0.15, -0.1) is 0 Å². The molecule has 2 aromatic rings. The Morgan fingerprint density at radius 1 is 1.04 bits per heavy atom. The van der Waals surface area contributed by atoms with Gasteiger partial charge in [-0.25, -0.2) is 0 Å². The van der Waals surface area contributed by atoms with E-state index in [0.717, 1.165) is 31.6 Å². The molecule has 3 rings (SSSR count). The first-order valence-electron chi connectivity index (χ1n) is 8.56. The van der Waals surface area contributed by atoms with Gasteiger partial charge in [-0.3, -0.25) is 9.59 Å². The van der Waals surface area contributed by atoms with Gasteiger partial charge in [0.05, 0.1) is 11.4 Å². The molecule has 0 unspecified atom stereocenters. The van der Waals surface area contributed by atoms with E-state index < -0.39 is 5.91 Å². The summed E-state index contributed by atoms with van der Waals surface area (Å²) in [6, 6.07) is 10.1. The number of nitrogens with two attached hydrogens (primary N) is 1. The molecule has 0 bridgehead atoms. The van der Waals surface area contributed by atoms with Crippen LogP contribution in [0.15, 0.2) is 42.5 Å². The molecule has 0 spiro atoms. The van der Waals surface area contributed by atoms with E-state index in [1.165, 1.54) is 6.08 Å². The smallest absolute Gasteiger partial charge is 0.248 e. The van der Waals surface area contributed by atoms with Crippen molar-refractivity contribution < 1.29 is 9.59 Å². The summed E-state index contributed by atoms with van der Waals surface area (Å²) >= 11 is 11.9. The van der Waals surface area contributed by atoms with Crippen molar-refractivity contribution in [2.24, 2.45) is 5.73 Å². The largest absolute Gasteiger partial charge is 0.370 e. The quantitative estimate of drug-likeness (QED) is 0.728. The predicted octanol–water partition coefficient (Wildman–Crippen LogP) is 4.34. The first-order valence-corrected chi connectivity index (χ1v) is 9.32. The first-order chi connectivity index (χ1) is 12.9. The molecule has 27 heavy (non-hydrogen) atoms. The Hall–Kier alpha value is -2.50. The number of hydrogen-bond acceptors (Lipinski definition) is 3. The van der Waals surface area contributed by atoms with Gasteiger partial charge in [0.15, 0.2) is 0 Å². The molecule has 1 fully saturated rings. The molecule has 2 amide bonds. The van der Waals surface area contributed by atoms with Crippen LogP contribution in [0.5, 0.6) is 0 Å². The van der Waals surface area contributed by atoms with Gasteiger partial charge in [-0.2, -0.15) is 0 Å². The summed E-state index contributed by atoms with van der Waals surface area (Å²) in [7, 11) is 0. The summed E-state index contributed by atoms with van der Waals surface area (Å²) < 4.78 is 0. The van der Waals surface area contributed by atoms with E-state index in [4.69, 9.17) is 28.9 Å². The third kappa shape index (κ3) is 5.02. The van der Waals surface area contributed by atoms with Crippen LogP contribution in [0.3, 0.4) is 0 Å². The maximum atomic E-state index is 12.4. The molecule has 0 radical (unpaired) electrons. The highest BCUT2D eigenvalue weighted by atomic mass is 35.5. The predicted molar refractivity (Wildman–Crippen MR) is 111 cm³/mol. The summed E-state index contributed by atoms with van der Waals surface area (Å²) in [6.07, 6.45) is 5.22. The Kier molecular flexibility index (Phi) is 6.04. The second-order valence-corrected chi connectivity index (χ2v) is 7.19. The van der Waals surface area contributed by atoms with Crippen LogP contribution >= 0.6 is 23.2 Å². The molecule has 1 aliphatic heterocycles. The maximum absolute atomic E-state index is 12.4. The fraction of sp³-hybridized carbons (Fsp3) is 0.200. The van der Waals surface area contributed by atoms with Crippen molar-refractivity contribution in [3.05, 3.63) is 63.6 Å². The van der Waals surface area contributed by atoms with Gasteiger partial charge in [0, 0.05) is 34.8 Å². The fourth-order valence-electron chi connectivity index (χ4n) is 3.04. The fourth-order valence-corrected chi connectivity index (χ4v) is 3.58. The maximum Gasteiger partial charge on any atom is 0.248 e. The molecule has 0 saturated carbocycles. The van der Waals surface area contributed by atoms with Crippen LogP contribution in [0, 0.1) is 0 Å². The number of carbonyl (C=O) groups is 2. The summed E-state index contributed by atoms with van der Waals surface area (Å²) in [5, 5.41) is 3.83. The van der Waals surface area contributed by atoms with Crippen molar-refractivity contribution in [2.45, 2.75) is 12.8 Å². The van der Waals surface area contributed by atoms with Gasteiger partial charge in [-0.1, -0.05) is 23.2 Å². The van der Waals surface area contributed by atoms with E-state index in [2.05, 4.69) is 10.2 Å². The SMILES string of the molecule is NC(=O)c1ccc(N2CCCC2)c(NC(=O)/C=C/c2cc(Cl)cc(Cl)c2)c1. The zero-order valence-electron chi connectivity index (χ0n) is 14.5. The van der Waals surface area contributed by atoms with Gasteiger partial charge in [-0.05, 0) is 60.9 Å². The third-order valence-electron chi connectivity index (χ3n) is 4.30. The Morgan fingerprint density at radius 2 is 1.70 bits per heavy atom. The monoisotopic (exact) mass is 403 g/mol. The second kappa shape index (κ2) is 8.46. The molecule has 5 nitrogen and oxygen atoms in total. The lowest BCUT2D eigenvalue weighted by atomic mass is 10.1. The molecule has 0 aromatic heterocycles. The summed E-state index contributed by atoms with van der Waals surface area (Å²) in [4.78, 5) is 26.1. The third-order valence-corrected chi connectivity index (χ3v) is 4.73. The molecule has 0 aliphatic carbocycles. The number of nitrogens with zero attached hydrogens (tertiary/aromatic N) is 1. The lowest BCUT2D eigenvalue weighted by Gasteiger charge is -2.21. The molecule has 140 valence electrons. The zero-order chi connectivity index (χ0) is 19.4. The average molecular weight is 404 g/mol. The standard InChI is InChI=1S/C20H19Cl2N3O2/c21-15-9-13(10-16(22)12-15)3-6-19(26)24-17-11-14(20(23)27)4-5-18(17)25-7-1-2-8-25/h3-6,9-12H,1-2,7-8H2,(H2,23,27)(H,24,26)/b6-3+. The van der Waals surface area contributed by atoms with Crippen molar-refractivity contribution in [3.8, 4) is 0 Å². The number of rotatable bonds is 5. The molecule has 3 N–H and O–H groups in total. The van der Waals surface area contributed by atoms with Crippen molar-refractivity contribution in [2.75, 3.05) is 23.3 Å². The van der Waals surface area contributed by atoms with Crippen LogP contribution in [0.2, 0.25) is 10.0 Å². The topological polar surface area (TPSA) is 75.4 Å². The first kappa shape index (κ1) is 19.3. The highest BCUT2D eigenvalue weighted by molar-refractivity contribution is 6.34. The van der Waals surface area contributed by atoms with Gasteiger partial charge in [0.1, 0.15) is 0 Å². The van der Waals surface area contributed by atoms with Crippen molar-refractivity contribution >= 4 is 52.5 Å². The number of nitrogens with one attached hydrogen (secondary N) is 1. The lowest BCUT2D eigenvalue weighted by molar-refractivity contribution is -0.111. The van der Waals surface area contributed by atoms with E-state index in [0.29, 0.717) is 26.9 Å². The molecule has 1 saturated heterocycles. The van der Waals surface area contributed by atoms with Crippen LogP contribution in [0.25, 0.3) is 6.08 Å². The number of hydrogen-bond donors (Lipinski definition) is 2. The minimum Gasteiger partial charge on any atom is -0.370 e. The highest BCUT2D eigenvalue weighted by Crippen LogP contribution is 2.30. The van der Waals surface area contributed by atoms with Crippen LogP contribution in [-0.2, 0) is 4.79 Å². The van der Waals surface area contributed by atoms with Gasteiger partial charge in [0.2, 0.25) is 11.8 Å². The van der Waals surface area contributed by atoms with Crippen molar-refractivity contribution in [3.63, 3.8) is 0 Å². The minimum absolute atomic E-state index is 0.326. The number of halogens is 2. The van der Waals surface area contributed by atoms with Crippen LogP contribution in [0.4, 0.5) is 11.4 Å². The van der Waals surface area contributed by atoms with E-state index in [9.17, 15) is 9.59 Å². The number of anilines is 2. The molecular weight excluding hydrogens is 385 g/mol. The van der Waals surface area contributed by atoms with E-state index in [1.807, 2.05) is 6.07 Å². The van der Waals surface area contributed by atoms with Crippen LogP contribution in [-0.4, -0.2) is 24.9 Å². The van der Waals surface area contributed by atoms with Gasteiger partial charge < -0.3 is 16.0 Å². The number of carbonyl (C=O) groups excluding carboxylic acids is 2. The second-order valence-electron chi connectivity index (χ2n) is 6.32. The summed E-state index contributed by atoms with van der Waals surface area (Å²) in [5.74, 6) is -0.865. The molecule has 2 aromatic carbocycles. The Labute approximate surface area is 167 Å². The van der Waals surface area contributed by atoms with Crippen molar-refractivity contribution in [1.82, 2.24) is 0 Å². The number of amides is 2. The number of primary amides is 1. The number of benzene rings is 2. The Morgan fingerprint density at radius 3 is 2.33 bits per heavy atom. The van der Waals surface area contributed by atoms with Gasteiger partial charge in [0.25, 0.3) is 0 Å². The molecule has 1 aliphatic rings. The van der Waals surface area contributed by atoms with Gasteiger partial charge >= 0.3 is 0 Å². The summed E-state index contributed by atoms with van der Waals surface area (Å²) in [5.41, 5.74) is 7.88.